The minimum atomic E-state index is -0.144. The molecular weight excluding hydrogens is 264 g/mol. The third-order valence-electron chi connectivity index (χ3n) is 5.52. The number of nitrogens with zero attached hydrogens (tertiary/aromatic N) is 2. The van der Waals surface area contributed by atoms with Gasteiger partial charge >= 0.3 is 0 Å². The van der Waals surface area contributed by atoms with Gasteiger partial charge in [0, 0.05) is 39.1 Å². The molecule has 3 rings (SSSR count). The van der Waals surface area contributed by atoms with E-state index < -0.39 is 0 Å². The number of amides is 1. The van der Waals surface area contributed by atoms with Gasteiger partial charge in [-0.3, -0.25) is 9.69 Å². The predicted octanol–water partition coefficient (Wildman–Crippen LogP) is 1.87. The zero-order valence-corrected chi connectivity index (χ0v) is 13.2. The van der Waals surface area contributed by atoms with Gasteiger partial charge in [0.1, 0.15) is 0 Å². The van der Waals surface area contributed by atoms with Crippen molar-refractivity contribution >= 4 is 5.91 Å². The monoisotopic (exact) mass is 294 g/mol. The number of piperazine rings is 1. The van der Waals surface area contributed by atoms with Crippen LogP contribution in [0.1, 0.15) is 51.4 Å². The van der Waals surface area contributed by atoms with Gasteiger partial charge in [-0.1, -0.05) is 19.3 Å². The van der Waals surface area contributed by atoms with Gasteiger partial charge in [-0.15, -0.1) is 0 Å². The summed E-state index contributed by atoms with van der Waals surface area (Å²) >= 11 is 0. The second-order valence-corrected chi connectivity index (χ2v) is 7.29. The van der Waals surface area contributed by atoms with E-state index in [-0.39, 0.29) is 6.10 Å². The summed E-state index contributed by atoms with van der Waals surface area (Å²) in [6.07, 6.45) is 9.49. The van der Waals surface area contributed by atoms with Gasteiger partial charge in [-0.2, -0.15) is 0 Å². The normalized spacial score (nSPS) is 26.8. The molecule has 1 saturated heterocycles. The number of β-amino-alcohol motifs (C(OH)–C–C–N with tert-alkyl or cyclic N) is 1. The van der Waals surface area contributed by atoms with Crippen molar-refractivity contribution in [2.75, 3.05) is 32.7 Å². The van der Waals surface area contributed by atoms with Gasteiger partial charge < -0.3 is 10.0 Å². The SMILES string of the molecule is O=C(CC1CCCCC1)N1CCN(CC(O)C2CC2)CC1. The molecule has 0 bridgehead atoms. The Balaban J connectivity index is 1.37. The summed E-state index contributed by atoms with van der Waals surface area (Å²) in [7, 11) is 0. The molecule has 1 N–H and O–H groups in total. The van der Waals surface area contributed by atoms with E-state index in [1.807, 2.05) is 0 Å². The number of aliphatic hydroxyl groups excluding tert-OH is 1. The van der Waals surface area contributed by atoms with E-state index in [9.17, 15) is 9.90 Å². The van der Waals surface area contributed by atoms with Crippen molar-refractivity contribution in [2.24, 2.45) is 11.8 Å². The maximum atomic E-state index is 12.4. The molecule has 2 saturated carbocycles. The molecule has 4 nitrogen and oxygen atoms in total. The summed E-state index contributed by atoms with van der Waals surface area (Å²) in [6, 6.07) is 0. The van der Waals surface area contributed by atoms with Crippen LogP contribution in [-0.4, -0.2) is 59.6 Å². The van der Waals surface area contributed by atoms with E-state index in [0.717, 1.165) is 39.1 Å². The van der Waals surface area contributed by atoms with E-state index >= 15 is 0 Å². The third-order valence-corrected chi connectivity index (χ3v) is 5.52. The van der Waals surface area contributed by atoms with Crippen LogP contribution in [0.2, 0.25) is 0 Å². The standard InChI is InChI=1S/C17H30N2O2/c20-16(15-6-7-15)13-18-8-10-19(11-9-18)17(21)12-14-4-2-1-3-5-14/h14-16,20H,1-13H2. The predicted molar refractivity (Wildman–Crippen MR) is 82.9 cm³/mol. The lowest BCUT2D eigenvalue weighted by Crippen LogP contribution is -2.50. The molecule has 0 aromatic heterocycles. The van der Waals surface area contributed by atoms with E-state index in [1.165, 1.54) is 44.9 Å². The lowest BCUT2D eigenvalue weighted by molar-refractivity contribution is -0.134. The quantitative estimate of drug-likeness (QED) is 0.842. The lowest BCUT2D eigenvalue weighted by Gasteiger charge is -2.36. The molecule has 1 atom stereocenters. The van der Waals surface area contributed by atoms with Crippen LogP contribution in [-0.2, 0) is 4.79 Å². The molecule has 120 valence electrons. The molecule has 0 aromatic rings. The Morgan fingerprint density at radius 2 is 1.67 bits per heavy atom. The maximum Gasteiger partial charge on any atom is 0.222 e. The van der Waals surface area contributed by atoms with Gasteiger partial charge in [0.05, 0.1) is 6.10 Å². The Kier molecular flexibility index (Phi) is 5.17. The molecule has 1 amide bonds. The van der Waals surface area contributed by atoms with Crippen molar-refractivity contribution in [1.29, 1.82) is 0 Å². The van der Waals surface area contributed by atoms with E-state index in [0.29, 0.717) is 17.7 Å². The molecule has 2 aliphatic carbocycles. The Morgan fingerprint density at radius 3 is 2.29 bits per heavy atom. The topological polar surface area (TPSA) is 43.8 Å². The van der Waals surface area contributed by atoms with Gasteiger partial charge in [0.15, 0.2) is 0 Å². The van der Waals surface area contributed by atoms with Gasteiger partial charge in [-0.05, 0) is 37.5 Å². The van der Waals surface area contributed by atoms with Crippen LogP contribution in [0.3, 0.4) is 0 Å². The van der Waals surface area contributed by atoms with Gasteiger partial charge in [0.2, 0.25) is 5.91 Å². The zero-order valence-electron chi connectivity index (χ0n) is 13.2. The summed E-state index contributed by atoms with van der Waals surface area (Å²) in [6.45, 7) is 4.36. The molecule has 3 fully saturated rings. The Labute approximate surface area is 128 Å². The second-order valence-electron chi connectivity index (χ2n) is 7.29. The highest BCUT2D eigenvalue weighted by Crippen LogP contribution is 2.33. The van der Waals surface area contributed by atoms with Crippen molar-refractivity contribution in [3.8, 4) is 0 Å². The maximum absolute atomic E-state index is 12.4. The Bertz CT molecular complexity index is 343. The average Bonchev–Trinajstić information content (AvgIpc) is 3.33. The second kappa shape index (κ2) is 7.10. The molecule has 4 heteroatoms. The first-order valence-corrected chi connectivity index (χ1v) is 8.90. The number of carbonyl (C=O) groups excluding carboxylic acids is 1. The largest absolute Gasteiger partial charge is 0.392 e. The fourth-order valence-electron chi connectivity index (χ4n) is 3.84. The summed E-state index contributed by atoms with van der Waals surface area (Å²) in [5.41, 5.74) is 0. The average molecular weight is 294 g/mol. The summed E-state index contributed by atoms with van der Waals surface area (Å²) in [5.74, 6) is 1.56. The van der Waals surface area contributed by atoms with Crippen molar-refractivity contribution in [2.45, 2.75) is 57.5 Å². The highest BCUT2D eigenvalue weighted by molar-refractivity contribution is 5.76. The first-order chi connectivity index (χ1) is 10.2. The van der Waals surface area contributed by atoms with Crippen LogP contribution in [0.5, 0.6) is 0 Å². The van der Waals surface area contributed by atoms with Crippen LogP contribution in [0.15, 0.2) is 0 Å². The smallest absolute Gasteiger partial charge is 0.222 e. The fraction of sp³-hybridized carbons (Fsp3) is 0.941. The minimum Gasteiger partial charge on any atom is -0.392 e. The summed E-state index contributed by atoms with van der Waals surface area (Å²) in [5, 5.41) is 10.0. The number of carbonyl (C=O) groups is 1. The molecule has 1 aliphatic heterocycles. The molecule has 1 unspecified atom stereocenters. The first-order valence-electron chi connectivity index (χ1n) is 8.90. The Hall–Kier alpha value is -0.610. The van der Waals surface area contributed by atoms with Crippen LogP contribution in [0.4, 0.5) is 0 Å². The molecule has 0 aromatic carbocycles. The van der Waals surface area contributed by atoms with Crippen molar-refractivity contribution in [3.63, 3.8) is 0 Å². The van der Waals surface area contributed by atoms with E-state index in [1.54, 1.807) is 0 Å². The molecule has 1 heterocycles. The Morgan fingerprint density at radius 1 is 1.00 bits per heavy atom. The molecule has 0 radical (unpaired) electrons. The third kappa shape index (κ3) is 4.43. The first kappa shape index (κ1) is 15.3. The molecule has 21 heavy (non-hydrogen) atoms. The van der Waals surface area contributed by atoms with E-state index in [4.69, 9.17) is 0 Å². The molecule has 0 spiro atoms. The number of hydrogen-bond donors (Lipinski definition) is 1. The van der Waals surface area contributed by atoms with Crippen molar-refractivity contribution in [3.05, 3.63) is 0 Å². The van der Waals surface area contributed by atoms with E-state index in [2.05, 4.69) is 9.80 Å². The summed E-state index contributed by atoms with van der Waals surface area (Å²) in [4.78, 5) is 16.7. The van der Waals surface area contributed by atoms with Crippen LogP contribution in [0.25, 0.3) is 0 Å². The molecule has 3 aliphatic rings. The van der Waals surface area contributed by atoms with Crippen molar-refractivity contribution < 1.29 is 9.90 Å². The number of hydrogen-bond acceptors (Lipinski definition) is 3. The fourth-order valence-corrected chi connectivity index (χ4v) is 3.84. The summed E-state index contributed by atoms with van der Waals surface area (Å²) < 4.78 is 0. The van der Waals surface area contributed by atoms with Crippen molar-refractivity contribution in [1.82, 2.24) is 9.80 Å². The highest BCUT2D eigenvalue weighted by Gasteiger charge is 2.32. The van der Waals surface area contributed by atoms with Gasteiger partial charge in [-0.25, -0.2) is 0 Å². The minimum absolute atomic E-state index is 0.144. The highest BCUT2D eigenvalue weighted by atomic mass is 16.3. The van der Waals surface area contributed by atoms with Crippen LogP contribution >= 0.6 is 0 Å². The van der Waals surface area contributed by atoms with Crippen LogP contribution in [0, 0.1) is 11.8 Å². The molecular formula is C17H30N2O2. The zero-order chi connectivity index (χ0) is 14.7. The number of rotatable bonds is 5. The number of aliphatic hydroxyl groups is 1. The van der Waals surface area contributed by atoms with Gasteiger partial charge in [0.25, 0.3) is 0 Å². The lowest BCUT2D eigenvalue weighted by atomic mass is 9.86. The van der Waals surface area contributed by atoms with Crippen LogP contribution < -0.4 is 0 Å².